The Hall–Kier alpha value is -13.6. The summed E-state index contributed by atoms with van der Waals surface area (Å²) in [5, 5.41) is 49.3. The van der Waals surface area contributed by atoms with Gasteiger partial charge in [-0.15, -0.1) is 12.4 Å². The first kappa shape index (κ1) is 95.6. The Morgan fingerprint density at radius 3 is 1.10 bits per heavy atom. The van der Waals surface area contributed by atoms with Crippen molar-refractivity contribution in [1.29, 1.82) is 21.0 Å². The Balaban J connectivity index is 0.000000157. The fourth-order valence-corrected chi connectivity index (χ4v) is 20.9. The third kappa shape index (κ3) is 20.4. The number of nitrogens with zero attached hydrogens (tertiary/aromatic N) is 18. The molecule has 0 bridgehead atoms. The van der Waals surface area contributed by atoms with Crippen LogP contribution in [0.4, 0.5) is 50.3 Å². The monoisotopic (exact) mass is 1870 g/mol. The molecule has 4 atom stereocenters. The summed E-state index contributed by atoms with van der Waals surface area (Å²) in [4.78, 5) is 65.0. The van der Waals surface area contributed by atoms with E-state index in [0.717, 1.165) is 37.1 Å². The molecule has 4 saturated heterocycles. The molecule has 16 rings (SSSR count). The van der Waals surface area contributed by atoms with Gasteiger partial charge in [0, 0.05) is 162 Å². The van der Waals surface area contributed by atoms with E-state index in [0.29, 0.717) is 106 Å². The number of likely N-dealkylation sites (tertiary alicyclic amines) is 3. The van der Waals surface area contributed by atoms with Gasteiger partial charge < -0.3 is 54.8 Å². The molecular formula is C88H93ClF3N21O13S4. The van der Waals surface area contributed by atoms with Crippen LogP contribution in [-0.4, -0.2) is 224 Å². The van der Waals surface area contributed by atoms with Gasteiger partial charge >= 0.3 is 24.4 Å². The molecule has 12 heterocycles. The zero-order valence-corrected chi connectivity index (χ0v) is 76.1. The Bertz CT molecular complexity index is 6890. The van der Waals surface area contributed by atoms with Crippen molar-refractivity contribution in [2.45, 2.75) is 128 Å². The molecule has 4 aliphatic rings. The molecule has 0 aliphatic carbocycles. The van der Waals surface area contributed by atoms with Crippen LogP contribution in [0.15, 0.2) is 215 Å². The number of nitriles is 4. The van der Waals surface area contributed by atoms with Crippen molar-refractivity contribution in [3.63, 3.8) is 0 Å². The molecule has 4 aliphatic heterocycles. The third-order valence-corrected chi connectivity index (χ3v) is 28.7. The number of benzene rings is 4. The molecule has 0 radical (unpaired) electrons. The number of hydrogen-bond donors (Lipinski definition) is 3. The van der Waals surface area contributed by atoms with E-state index in [4.69, 9.17) is 9.47 Å². The van der Waals surface area contributed by atoms with E-state index in [2.05, 4.69) is 59.7 Å². The van der Waals surface area contributed by atoms with Gasteiger partial charge in [0.2, 0.25) is 0 Å². The van der Waals surface area contributed by atoms with Crippen molar-refractivity contribution >= 4 is 138 Å². The number of hydrogen-bond acceptors (Lipinski definition) is 26. The van der Waals surface area contributed by atoms with E-state index in [1.807, 2.05) is 65.9 Å². The number of urea groups is 1. The van der Waals surface area contributed by atoms with E-state index < -0.39 is 70.0 Å². The van der Waals surface area contributed by atoms with Crippen LogP contribution in [0.5, 0.6) is 0 Å². The van der Waals surface area contributed by atoms with Crippen molar-refractivity contribution in [1.82, 2.24) is 61.2 Å². The number of carbonyl (C=O) groups excluding carboxylic acids is 3. The van der Waals surface area contributed by atoms with Crippen molar-refractivity contribution in [3.05, 3.63) is 217 Å². The summed E-state index contributed by atoms with van der Waals surface area (Å²) < 4.78 is 158. The number of alkyl halides is 3. The Kier molecular flexibility index (Phi) is 28.5. The van der Waals surface area contributed by atoms with Crippen LogP contribution in [0.2, 0.25) is 0 Å². The number of anilines is 4. The molecule has 4 fully saturated rings. The molecule has 4 aromatic carbocycles. The van der Waals surface area contributed by atoms with Crippen molar-refractivity contribution in [2.75, 3.05) is 100 Å². The highest BCUT2D eigenvalue weighted by Gasteiger charge is 2.39. The predicted octanol–water partition coefficient (Wildman–Crippen LogP) is 12.4. The number of fused-ring (bicyclic) bond motifs is 4. The number of carbonyl (C=O) groups is 3. The van der Waals surface area contributed by atoms with Gasteiger partial charge in [0.05, 0.1) is 64.6 Å². The first-order valence-electron chi connectivity index (χ1n) is 40.7. The number of amides is 4. The van der Waals surface area contributed by atoms with Crippen molar-refractivity contribution < 1.29 is 70.7 Å². The third-order valence-electron chi connectivity index (χ3n) is 21.9. The molecular weight excluding hydrogens is 1780 g/mol. The number of halogens is 4. The molecule has 12 aromatic rings. The zero-order chi connectivity index (χ0) is 92.9. The van der Waals surface area contributed by atoms with Gasteiger partial charge in [0.15, 0.2) is 22.6 Å². The SMILES string of the molecule is CC(C)(C)OC(=O)N1CCC(Nc2c(C#N)cnc3c2ccn3S(=O)(=O)c2ccccc2)C1.CN(c1c(C#N)cnc2c1ccn2S(=O)(=O)c1ccccc1)C1CCN(C(=O)NCC(F)(F)F)C1.CN(c1c(C#N)cnc2c1ccn2S(=O)(=O)c1ccccc1)C1CCN(C(=O)OC(C)(C)C)C1.CN(c1c(C#N)cnc2c1ccn2S(=O)(=O)c1ccccc1)C1CCNC1.Cl. The lowest BCUT2D eigenvalue weighted by molar-refractivity contribution is -0.123. The summed E-state index contributed by atoms with van der Waals surface area (Å²) in [5.41, 5.74) is 3.27. The summed E-state index contributed by atoms with van der Waals surface area (Å²) in [6.07, 6.45) is 8.77. The summed E-state index contributed by atoms with van der Waals surface area (Å²) in [6, 6.07) is 46.4. The van der Waals surface area contributed by atoms with Crippen LogP contribution in [0, 0.1) is 45.3 Å². The molecule has 3 N–H and O–H groups in total. The van der Waals surface area contributed by atoms with E-state index in [-0.39, 0.29) is 104 Å². The van der Waals surface area contributed by atoms with Gasteiger partial charge in [-0.05, 0) is 147 Å². The number of rotatable bonds is 17. The summed E-state index contributed by atoms with van der Waals surface area (Å²) in [6.45, 7) is 13.5. The van der Waals surface area contributed by atoms with Gasteiger partial charge in [-0.1, -0.05) is 72.8 Å². The van der Waals surface area contributed by atoms with Gasteiger partial charge in [-0.25, -0.2) is 83.9 Å². The fraction of sp³-hybridized carbons (Fsp3) is 0.330. The highest BCUT2D eigenvalue weighted by atomic mass is 35.5. The smallest absolute Gasteiger partial charge is 0.410 e. The summed E-state index contributed by atoms with van der Waals surface area (Å²) in [7, 11) is -9.93. The predicted molar refractivity (Wildman–Crippen MR) is 483 cm³/mol. The van der Waals surface area contributed by atoms with E-state index in [9.17, 15) is 82.3 Å². The van der Waals surface area contributed by atoms with Crippen LogP contribution >= 0.6 is 12.4 Å². The van der Waals surface area contributed by atoms with E-state index in [1.54, 1.807) is 131 Å². The Labute approximate surface area is 755 Å². The van der Waals surface area contributed by atoms with E-state index in [1.165, 1.54) is 94.8 Å². The first-order valence-corrected chi connectivity index (χ1v) is 46.5. The summed E-state index contributed by atoms with van der Waals surface area (Å²) in [5.74, 6) is 0. The average molecular weight is 1870 g/mol. The molecule has 680 valence electrons. The highest BCUT2D eigenvalue weighted by Crippen LogP contribution is 2.39. The first-order chi connectivity index (χ1) is 61.2. The van der Waals surface area contributed by atoms with Crippen LogP contribution < -0.4 is 30.7 Å². The second-order valence-corrected chi connectivity index (χ2v) is 40.0. The Morgan fingerprint density at radius 2 is 0.762 bits per heavy atom. The maximum Gasteiger partial charge on any atom is 0.410 e. The second-order valence-electron chi connectivity index (χ2n) is 32.8. The van der Waals surface area contributed by atoms with Gasteiger partial charge in [-0.3, -0.25) is 0 Å². The molecule has 34 nitrogen and oxygen atoms in total. The largest absolute Gasteiger partial charge is 0.444 e. The minimum Gasteiger partial charge on any atom is -0.444 e. The van der Waals surface area contributed by atoms with Gasteiger partial charge in [0.25, 0.3) is 40.1 Å². The molecule has 0 saturated carbocycles. The Morgan fingerprint density at radius 1 is 0.446 bits per heavy atom. The highest BCUT2D eigenvalue weighted by molar-refractivity contribution is 7.91. The van der Waals surface area contributed by atoms with E-state index >= 15 is 0 Å². The minimum atomic E-state index is -4.51. The summed E-state index contributed by atoms with van der Waals surface area (Å²) >= 11 is 0. The molecule has 0 spiro atoms. The number of aromatic nitrogens is 8. The lowest BCUT2D eigenvalue weighted by atomic mass is 10.1. The lowest BCUT2D eigenvalue weighted by Gasteiger charge is -2.29. The standard InChI is InChI=1S/C24H27N5O4S.C23H25N5O4S.C22H21F3N6O3S.C19H19N5O2S.ClH/c1-24(2,3)33-23(30)28-12-10-18(16-28)27(4)21-17(14-25)15-26-22-20(21)11-13-29(22)34(31,32)19-8-6-5-7-9-19;1-23(2,3)32-22(29)27-11-9-17(15-27)26-20-16(13-24)14-25-21-19(20)10-12-28(21)33(30,31)18-7-5-4-6-8-18;1-29(16-7-9-30(13-16)21(32)28-14-22(23,24)25)19-15(11-26)12-27-20-18(19)8-10-31(20)35(33,34)17-5-3-2-4-6-17;1-23(15-7-9-21-13-15)18-14(11-20)12-22-19-17(18)8-10-24(19)27(25,26)16-5-3-2-4-6-16;/h5-9,11,13,15,18H,10,12,16H2,1-4H3;4-8,10,12,14,17H,9,11,15H2,1-3H3,(H,25,26);2-6,8,10,12,16H,7,9,13-14H2,1H3,(H,28,32);2-6,8,10,12,15,21H,7,9,13H2,1H3;1H. The molecule has 8 aromatic heterocycles. The minimum absolute atomic E-state index is 0. The topological polar surface area (TPSA) is 428 Å². The van der Waals surface area contributed by atoms with Gasteiger partial charge in [-0.2, -0.15) is 34.2 Å². The maximum absolute atomic E-state index is 13.2. The van der Waals surface area contributed by atoms with Crippen LogP contribution in [0.25, 0.3) is 44.1 Å². The fourth-order valence-electron chi connectivity index (χ4n) is 15.6. The quantitative estimate of drug-likeness (QED) is 0.0762. The normalized spacial score (nSPS) is 16.4. The number of nitrogens with one attached hydrogen (secondary N) is 3. The molecule has 130 heavy (non-hydrogen) atoms. The number of pyridine rings is 4. The molecule has 4 amide bonds. The van der Waals surface area contributed by atoms with Crippen LogP contribution in [0.1, 0.15) is 89.5 Å². The van der Waals surface area contributed by atoms with Crippen LogP contribution in [-0.2, 0) is 49.6 Å². The molecule has 4 unspecified atom stereocenters. The molecule has 42 heteroatoms. The van der Waals surface area contributed by atoms with Crippen molar-refractivity contribution in [3.8, 4) is 24.3 Å². The van der Waals surface area contributed by atoms with Gasteiger partial charge in [0.1, 0.15) is 42.0 Å². The lowest BCUT2D eigenvalue weighted by Crippen LogP contribution is -2.44. The number of ether oxygens (including phenoxy) is 2. The van der Waals surface area contributed by atoms with Crippen molar-refractivity contribution in [2.24, 2.45) is 0 Å². The average Bonchev–Trinajstić information content (AvgIpc) is 1.61. The number of likely N-dealkylation sites (N-methyl/N-ethyl adjacent to an activating group) is 3. The second kappa shape index (κ2) is 38.8. The van der Waals surface area contributed by atoms with Crippen LogP contribution in [0.3, 0.4) is 0 Å². The maximum atomic E-state index is 13.2. The zero-order valence-electron chi connectivity index (χ0n) is 72.0.